The summed E-state index contributed by atoms with van der Waals surface area (Å²) in [6, 6.07) is 1.23. The minimum Gasteiger partial charge on any atom is -0.384 e. The molecule has 0 aromatic carbocycles. The van der Waals surface area contributed by atoms with Crippen molar-refractivity contribution in [2.45, 2.75) is 6.43 Å². The van der Waals surface area contributed by atoms with Crippen LogP contribution >= 0.6 is 15.9 Å². The van der Waals surface area contributed by atoms with Crippen LogP contribution in [0.25, 0.3) is 0 Å². The number of pyridine rings is 1. The lowest BCUT2D eigenvalue weighted by molar-refractivity contribution is 0.112. The second-order valence-electron chi connectivity index (χ2n) is 2.25. The van der Waals surface area contributed by atoms with Gasteiger partial charge in [-0.05, 0) is 22.0 Å². The number of aromatic nitrogens is 1. The van der Waals surface area contributed by atoms with Gasteiger partial charge in [0.05, 0.1) is 4.47 Å². The zero-order valence-electron chi connectivity index (χ0n) is 6.30. The quantitative estimate of drug-likeness (QED) is 0.819. The van der Waals surface area contributed by atoms with Crippen molar-refractivity contribution in [3.63, 3.8) is 0 Å². The summed E-state index contributed by atoms with van der Waals surface area (Å²) < 4.78 is 24.5. The summed E-state index contributed by atoms with van der Waals surface area (Å²) >= 11 is 2.85. The van der Waals surface area contributed by atoms with Gasteiger partial charge in [-0.1, -0.05) is 0 Å². The lowest BCUT2D eigenvalue weighted by Crippen LogP contribution is -2.00. The number of nitrogen functional groups attached to an aromatic ring is 1. The predicted molar refractivity (Wildman–Crippen MR) is 46.7 cm³/mol. The van der Waals surface area contributed by atoms with Gasteiger partial charge in [0.2, 0.25) is 0 Å². The highest BCUT2D eigenvalue weighted by Gasteiger charge is 2.17. The molecule has 0 radical (unpaired) electrons. The van der Waals surface area contributed by atoms with E-state index in [0.29, 0.717) is 6.29 Å². The molecule has 1 aromatic rings. The number of hydrogen-bond acceptors (Lipinski definition) is 3. The highest BCUT2D eigenvalue weighted by atomic mass is 79.9. The molecule has 1 rings (SSSR count). The first kappa shape index (κ1) is 10.0. The van der Waals surface area contributed by atoms with E-state index in [1.165, 1.54) is 6.07 Å². The maximum Gasteiger partial charge on any atom is 0.281 e. The van der Waals surface area contributed by atoms with Gasteiger partial charge < -0.3 is 5.73 Å². The Labute approximate surface area is 81.1 Å². The molecular weight excluding hydrogens is 246 g/mol. The Balaban J connectivity index is 3.35. The average Bonchev–Trinajstić information content (AvgIpc) is 2.08. The van der Waals surface area contributed by atoms with Crippen LogP contribution in [0.5, 0.6) is 0 Å². The summed E-state index contributed by atoms with van der Waals surface area (Å²) in [6.45, 7) is 0. The molecule has 0 aliphatic heterocycles. The third-order valence-corrected chi connectivity index (χ3v) is 2.23. The first-order valence-corrected chi connectivity index (χ1v) is 4.04. The van der Waals surface area contributed by atoms with Crippen LogP contribution in [0.2, 0.25) is 0 Å². The van der Waals surface area contributed by atoms with Crippen LogP contribution in [0.3, 0.4) is 0 Å². The molecule has 0 atom stereocenters. The molecule has 6 heteroatoms. The van der Waals surface area contributed by atoms with E-state index in [1.807, 2.05) is 0 Å². The van der Waals surface area contributed by atoms with Gasteiger partial charge in [0.15, 0.2) is 6.29 Å². The molecule has 0 saturated carbocycles. The molecule has 1 heterocycles. The van der Waals surface area contributed by atoms with Crippen LogP contribution in [0.15, 0.2) is 10.5 Å². The molecule has 0 bridgehead atoms. The van der Waals surface area contributed by atoms with Gasteiger partial charge in [-0.2, -0.15) is 0 Å². The number of anilines is 1. The third kappa shape index (κ3) is 2.00. The van der Waals surface area contributed by atoms with Crippen molar-refractivity contribution in [3.05, 3.63) is 21.8 Å². The zero-order valence-corrected chi connectivity index (χ0v) is 7.88. The van der Waals surface area contributed by atoms with Crippen molar-refractivity contribution < 1.29 is 13.6 Å². The number of hydrogen-bond donors (Lipinski definition) is 1. The van der Waals surface area contributed by atoms with Crippen molar-refractivity contribution in [2.75, 3.05) is 5.73 Å². The molecule has 0 fully saturated rings. The van der Waals surface area contributed by atoms with Crippen LogP contribution in [-0.4, -0.2) is 11.3 Å². The number of carbonyl (C=O) groups is 1. The van der Waals surface area contributed by atoms with Gasteiger partial charge >= 0.3 is 0 Å². The van der Waals surface area contributed by atoms with Crippen molar-refractivity contribution in [2.24, 2.45) is 0 Å². The van der Waals surface area contributed by atoms with E-state index in [4.69, 9.17) is 5.73 Å². The second kappa shape index (κ2) is 3.78. The number of nitrogens with two attached hydrogens (primary N) is 1. The lowest BCUT2D eigenvalue weighted by atomic mass is 10.2. The minimum absolute atomic E-state index is 0.00769. The minimum atomic E-state index is -2.75. The molecule has 70 valence electrons. The Hall–Kier alpha value is -1.04. The summed E-state index contributed by atoms with van der Waals surface area (Å²) in [6.07, 6.45) is -2.31. The molecule has 13 heavy (non-hydrogen) atoms. The SMILES string of the molecule is Nc1cc(C=O)c(Br)c(C(F)F)n1. The molecule has 0 amide bonds. The van der Waals surface area contributed by atoms with Crippen molar-refractivity contribution in [1.29, 1.82) is 0 Å². The van der Waals surface area contributed by atoms with Gasteiger partial charge in [-0.25, -0.2) is 13.8 Å². The van der Waals surface area contributed by atoms with E-state index < -0.39 is 12.1 Å². The highest BCUT2D eigenvalue weighted by Crippen LogP contribution is 2.28. The Morgan fingerprint density at radius 3 is 2.69 bits per heavy atom. The summed E-state index contributed by atoms with van der Waals surface area (Å²) in [5.41, 5.74) is 4.78. The third-order valence-electron chi connectivity index (χ3n) is 1.36. The van der Waals surface area contributed by atoms with E-state index in [2.05, 4.69) is 20.9 Å². The second-order valence-corrected chi connectivity index (χ2v) is 3.05. The van der Waals surface area contributed by atoms with Crippen LogP contribution in [0, 0.1) is 0 Å². The molecule has 0 saturated heterocycles. The number of carbonyl (C=O) groups excluding carboxylic acids is 1. The van der Waals surface area contributed by atoms with E-state index in [0.717, 1.165) is 0 Å². The summed E-state index contributed by atoms with van der Waals surface area (Å²) in [4.78, 5) is 13.8. The Bertz CT molecular complexity index is 344. The predicted octanol–water partition coefficient (Wildman–Crippen LogP) is 2.18. The maximum atomic E-state index is 12.3. The van der Waals surface area contributed by atoms with Gasteiger partial charge in [-0.3, -0.25) is 4.79 Å². The first-order valence-electron chi connectivity index (χ1n) is 3.25. The molecule has 0 aliphatic rings. The topological polar surface area (TPSA) is 56.0 Å². The van der Waals surface area contributed by atoms with Crippen molar-refractivity contribution in [1.82, 2.24) is 4.98 Å². The molecule has 3 nitrogen and oxygen atoms in total. The molecule has 0 aliphatic carbocycles. The van der Waals surface area contributed by atoms with Crippen LogP contribution in [0.1, 0.15) is 22.5 Å². The number of nitrogens with zero attached hydrogens (tertiary/aromatic N) is 1. The van der Waals surface area contributed by atoms with E-state index in [-0.39, 0.29) is 15.9 Å². The van der Waals surface area contributed by atoms with Crippen LogP contribution in [-0.2, 0) is 0 Å². The monoisotopic (exact) mass is 250 g/mol. The molecule has 0 unspecified atom stereocenters. The van der Waals surface area contributed by atoms with Crippen molar-refractivity contribution >= 4 is 28.0 Å². The zero-order chi connectivity index (χ0) is 10.0. The Morgan fingerprint density at radius 1 is 1.62 bits per heavy atom. The largest absolute Gasteiger partial charge is 0.384 e. The fourth-order valence-electron chi connectivity index (χ4n) is 0.821. The van der Waals surface area contributed by atoms with Gasteiger partial charge in [-0.15, -0.1) is 0 Å². The van der Waals surface area contributed by atoms with Gasteiger partial charge in [0.1, 0.15) is 11.5 Å². The average molecular weight is 251 g/mol. The van der Waals surface area contributed by atoms with Crippen LogP contribution in [0.4, 0.5) is 14.6 Å². The summed E-state index contributed by atoms with van der Waals surface area (Å²) in [7, 11) is 0. The number of halogens is 3. The van der Waals surface area contributed by atoms with E-state index in [9.17, 15) is 13.6 Å². The number of rotatable bonds is 2. The number of alkyl halides is 2. The summed E-state index contributed by atoms with van der Waals surface area (Å²) in [5, 5.41) is 0. The standard InChI is InChI=1S/C7H5BrF2N2O/c8-5-3(2-13)1-4(11)12-6(5)7(9)10/h1-2,7H,(H2,11,12). The highest BCUT2D eigenvalue weighted by molar-refractivity contribution is 9.10. The van der Waals surface area contributed by atoms with Gasteiger partial charge in [0.25, 0.3) is 6.43 Å². The molecule has 1 aromatic heterocycles. The summed E-state index contributed by atoms with van der Waals surface area (Å²) in [5.74, 6) is -0.0967. The fourth-order valence-corrected chi connectivity index (χ4v) is 1.29. The fraction of sp³-hybridized carbons (Fsp3) is 0.143. The van der Waals surface area contributed by atoms with E-state index >= 15 is 0 Å². The Kier molecular flexibility index (Phi) is 2.92. The van der Waals surface area contributed by atoms with Gasteiger partial charge in [0, 0.05) is 5.56 Å². The first-order chi connectivity index (χ1) is 6.06. The van der Waals surface area contributed by atoms with E-state index in [1.54, 1.807) is 0 Å². The lowest BCUT2D eigenvalue weighted by Gasteiger charge is -2.05. The van der Waals surface area contributed by atoms with Crippen LogP contribution < -0.4 is 5.73 Å². The molecule has 2 N–H and O–H groups in total. The molecule has 0 spiro atoms. The van der Waals surface area contributed by atoms with Crippen molar-refractivity contribution in [3.8, 4) is 0 Å². The Morgan fingerprint density at radius 2 is 2.23 bits per heavy atom. The maximum absolute atomic E-state index is 12.3. The molecular formula is C7H5BrF2N2O. The smallest absolute Gasteiger partial charge is 0.281 e. The number of aldehydes is 1. The normalized spacial score (nSPS) is 10.5.